The zero-order valence-electron chi connectivity index (χ0n) is 15.7. The summed E-state index contributed by atoms with van der Waals surface area (Å²) in [4.78, 5) is 59.8. The number of nitrogens with one attached hydrogen (secondary N) is 1. The maximum absolute atomic E-state index is 12.6. The maximum Gasteiger partial charge on any atom is 0.407 e. The van der Waals surface area contributed by atoms with Gasteiger partial charge in [0.2, 0.25) is 6.54 Å². The van der Waals surface area contributed by atoms with Crippen molar-refractivity contribution in [1.82, 2.24) is 10.2 Å². The van der Waals surface area contributed by atoms with E-state index in [0.29, 0.717) is 6.29 Å². The van der Waals surface area contributed by atoms with Gasteiger partial charge in [-0.15, -0.1) is 0 Å². The Morgan fingerprint density at radius 3 is 2.21 bits per heavy atom. The van der Waals surface area contributed by atoms with Gasteiger partial charge in [-0.3, -0.25) is 24.6 Å². The monoisotopic (exact) mass is 391 g/mol. The van der Waals surface area contributed by atoms with Crippen LogP contribution in [0.1, 0.15) is 41.5 Å². The molecule has 0 unspecified atom stereocenters. The highest BCUT2D eigenvalue weighted by atomic mass is 16.6. The van der Waals surface area contributed by atoms with E-state index in [4.69, 9.17) is 4.74 Å². The number of rotatable bonds is 7. The van der Waals surface area contributed by atoms with Crippen LogP contribution in [0.25, 0.3) is 0 Å². The Morgan fingerprint density at radius 2 is 1.79 bits per heavy atom. The van der Waals surface area contributed by atoms with Gasteiger partial charge in [-0.25, -0.2) is 4.79 Å². The fraction of sp³-hybridized carbons (Fsp3) is 0.444. The van der Waals surface area contributed by atoms with E-state index in [1.54, 1.807) is 32.9 Å². The number of carbonyl (C=O) groups excluding carboxylic acids is 4. The van der Waals surface area contributed by atoms with Gasteiger partial charge < -0.3 is 14.8 Å². The Labute approximate surface area is 161 Å². The van der Waals surface area contributed by atoms with E-state index < -0.39 is 46.9 Å². The zero-order valence-corrected chi connectivity index (χ0v) is 15.7. The highest BCUT2D eigenvalue weighted by Crippen LogP contribution is 2.27. The standard InChI is InChI=1S/C18H21N3O7/c1-18(2,3)28-17(25)19-8-11(10-22)14(9-20(26)27)21-15(23)12-6-4-5-7-13(12)16(21)24/h4-7,10-11,14H,8-9H2,1-3H3,(H,19,25)/t11-,14-/m1/s1. The van der Waals surface area contributed by atoms with Crippen molar-refractivity contribution >= 4 is 24.2 Å². The third-order valence-electron chi connectivity index (χ3n) is 4.04. The highest BCUT2D eigenvalue weighted by Gasteiger charge is 2.45. The van der Waals surface area contributed by atoms with E-state index in [-0.39, 0.29) is 17.7 Å². The van der Waals surface area contributed by atoms with Gasteiger partial charge in [0.25, 0.3) is 11.8 Å². The molecule has 28 heavy (non-hydrogen) atoms. The molecule has 10 nitrogen and oxygen atoms in total. The number of nitrogens with zero attached hydrogens (tertiary/aromatic N) is 2. The lowest BCUT2D eigenvalue weighted by Crippen LogP contribution is -2.51. The first-order chi connectivity index (χ1) is 13.0. The largest absolute Gasteiger partial charge is 0.444 e. The molecule has 0 radical (unpaired) electrons. The van der Waals surface area contributed by atoms with Crippen LogP contribution in [0.2, 0.25) is 0 Å². The molecule has 1 aromatic rings. The van der Waals surface area contributed by atoms with E-state index in [2.05, 4.69) is 5.32 Å². The van der Waals surface area contributed by atoms with Gasteiger partial charge >= 0.3 is 6.09 Å². The average Bonchev–Trinajstić information content (AvgIpc) is 2.84. The van der Waals surface area contributed by atoms with Gasteiger partial charge in [0.15, 0.2) is 0 Å². The number of amides is 3. The molecular weight excluding hydrogens is 370 g/mol. The molecule has 1 aromatic carbocycles. The first-order valence-electron chi connectivity index (χ1n) is 8.56. The molecule has 10 heteroatoms. The molecule has 2 atom stereocenters. The van der Waals surface area contributed by atoms with Crippen molar-refractivity contribution in [3.8, 4) is 0 Å². The average molecular weight is 391 g/mol. The molecule has 0 spiro atoms. The van der Waals surface area contributed by atoms with E-state index in [1.807, 2.05) is 0 Å². The number of nitro groups is 1. The topological polar surface area (TPSA) is 136 Å². The van der Waals surface area contributed by atoms with Crippen LogP contribution in [-0.4, -0.2) is 58.7 Å². The zero-order chi connectivity index (χ0) is 21.1. The Balaban J connectivity index is 2.24. The first-order valence-corrected chi connectivity index (χ1v) is 8.56. The minimum atomic E-state index is -1.35. The van der Waals surface area contributed by atoms with Crippen LogP contribution in [-0.2, 0) is 9.53 Å². The molecule has 0 aliphatic carbocycles. The molecule has 1 N–H and O–H groups in total. The normalized spacial score (nSPS) is 15.6. The smallest absolute Gasteiger partial charge is 0.407 e. The summed E-state index contributed by atoms with van der Waals surface area (Å²) < 4.78 is 5.06. The highest BCUT2D eigenvalue weighted by molar-refractivity contribution is 6.21. The molecule has 150 valence electrons. The number of hydrogen-bond acceptors (Lipinski definition) is 7. The second kappa shape index (κ2) is 8.15. The summed E-state index contributed by atoms with van der Waals surface area (Å²) in [5, 5.41) is 13.5. The molecule has 0 saturated heterocycles. The molecule has 0 bridgehead atoms. The van der Waals surface area contributed by atoms with Crippen LogP contribution < -0.4 is 5.32 Å². The molecule has 2 rings (SSSR count). The second-order valence-electron chi connectivity index (χ2n) is 7.29. The van der Waals surface area contributed by atoms with Crippen LogP contribution in [0.4, 0.5) is 4.79 Å². The Morgan fingerprint density at radius 1 is 1.25 bits per heavy atom. The number of carbonyl (C=O) groups is 4. The van der Waals surface area contributed by atoms with Gasteiger partial charge in [0.1, 0.15) is 17.9 Å². The second-order valence-corrected chi connectivity index (χ2v) is 7.29. The number of ether oxygens (including phenoxy) is 1. The summed E-state index contributed by atoms with van der Waals surface area (Å²) in [6.45, 7) is 3.80. The van der Waals surface area contributed by atoms with Gasteiger partial charge in [-0.1, -0.05) is 12.1 Å². The minimum absolute atomic E-state index is 0.116. The fourth-order valence-corrected chi connectivity index (χ4v) is 2.86. The summed E-state index contributed by atoms with van der Waals surface area (Å²) in [5.41, 5.74) is -0.542. The molecule has 0 fully saturated rings. The van der Waals surface area contributed by atoms with Crippen LogP contribution in [0.3, 0.4) is 0 Å². The number of imide groups is 1. The summed E-state index contributed by atoms with van der Waals surface area (Å²) in [6.07, 6.45) is -0.434. The minimum Gasteiger partial charge on any atom is -0.444 e. The van der Waals surface area contributed by atoms with Crippen LogP contribution in [0, 0.1) is 16.0 Å². The van der Waals surface area contributed by atoms with Gasteiger partial charge in [0.05, 0.1) is 17.0 Å². The maximum atomic E-state index is 12.6. The van der Waals surface area contributed by atoms with Crippen LogP contribution >= 0.6 is 0 Å². The summed E-state index contributed by atoms with van der Waals surface area (Å²) in [6, 6.07) is 4.66. The van der Waals surface area contributed by atoms with Crippen LogP contribution in [0.15, 0.2) is 24.3 Å². The van der Waals surface area contributed by atoms with Crippen molar-refractivity contribution in [3.63, 3.8) is 0 Å². The summed E-state index contributed by atoms with van der Waals surface area (Å²) >= 11 is 0. The number of hydrogen-bond donors (Lipinski definition) is 1. The number of benzene rings is 1. The van der Waals surface area contributed by atoms with Crippen molar-refractivity contribution in [3.05, 3.63) is 45.5 Å². The van der Waals surface area contributed by atoms with Crippen molar-refractivity contribution in [1.29, 1.82) is 0 Å². The lowest BCUT2D eigenvalue weighted by molar-refractivity contribution is -0.486. The molecule has 1 aliphatic heterocycles. The quantitative estimate of drug-likeness (QED) is 0.320. The lowest BCUT2D eigenvalue weighted by Gasteiger charge is -2.28. The van der Waals surface area contributed by atoms with E-state index in [9.17, 15) is 29.3 Å². The SMILES string of the molecule is CC(C)(C)OC(=O)NC[C@H](C=O)[C@@H](C[N+](=O)[O-])N1C(=O)c2ccccc2C1=O. The third kappa shape index (κ3) is 4.70. The summed E-state index contributed by atoms with van der Waals surface area (Å²) in [5.74, 6) is -2.60. The first kappa shape index (κ1) is 21.0. The fourth-order valence-electron chi connectivity index (χ4n) is 2.86. The molecule has 0 aromatic heterocycles. The van der Waals surface area contributed by atoms with Gasteiger partial charge in [-0.05, 0) is 32.9 Å². The lowest BCUT2D eigenvalue weighted by atomic mass is 9.99. The van der Waals surface area contributed by atoms with Crippen LogP contribution in [0.5, 0.6) is 0 Å². The van der Waals surface area contributed by atoms with Crippen molar-refractivity contribution in [2.75, 3.05) is 13.1 Å². The number of fused-ring (bicyclic) bond motifs is 1. The number of aldehydes is 1. The number of alkyl carbamates (subject to hydrolysis) is 1. The molecular formula is C18H21N3O7. The van der Waals surface area contributed by atoms with Crippen molar-refractivity contribution < 1.29 is 28.8 Å². The van der Waals surface area contributed by atoms with Gasteiger partial charge in [0, 0.05) is 11.5 Å². The van der Waals surface area contributed by atoms with Crippen molar-refractivity contribution in [2.24, 2.45) is 5.92 Å². The molecule has 3 amide bonds. The van der Waals surface area contributed by atoms with E-state index >= 15 is 0 Å². The molecule has 0 saturated carbocycles. The third-order valence-corrected chi connectivity index (χ3v) is 4.04. The Bertz CT molecular complexity index is 781. The molecule has 1 heterocycles. The van der Waals surface area contributed by atoms with Gasteiger partial charge in [-0.2, -0.15) is 0 Å². The summed E-state index contributed by atoms with van der Waals surface area (Å²) in [7, 11) is 0. The van der Waals surface area contributed by atoms with E-state index in [1.165, 1.54) is 12.1 Å². The predicted octanol–water partition coefficient (Wildman–Crippen LogP) is 1.27. The molecule has 1 aliphatic rings. The Kier molecular flexibility index (Phi) is 6.12. The van der Waals surface area contributed by atoms with E-state index in [0.717, 1.165) is 4.90 Å². The Hall–Kier alpha value is -3.30. The van der Waals surface area contributed by atoms with Crippen molar-refractivity contribution in [2.45, 2.75) is 32.4 Å². The predicted molar refractivity (Wildman–Crippen MR) is 96.4 cm³/mol.